The zero-order valence-corrected chi connectivity index (χ0v) is 17.9. The number of anilines is 1. The van der Waals surface area contributed by atoms with Gasteiger partial charge in [0.25, 0.3) is 0 Å². The number of nitrogens with one attached hydrogen (secondary N) is 1. The Balaban J connectivity index is 1.62. The number of hydrogen-bond acceptors (Lipinski definition) is 3. The van der Waals surface area contributed by atoms with E-state index in [1.54, 1.807) is 7.11 Å². The summed E-state index contributed by atoms with van der Waals surface area (Å²) in [6.07, 6.45) is 0. The van der Waals surface area contributed by atoms with E-state index in [1.807, 2.05) is 6.07 Å². The average Bonchev–Trinajstić information content (AvgIpc) is 2.97. The van der Waals surface area contributed by atoms with Gasteiger partial charge >= 0.3 is 0 Å². The van der Waals surface area contributed by atoms with E-state index < -0.39 is 0 Å². The van der Waals surface area contributed by atoms with Gasteiger partial charge in [0.05, 0.1) is 38.8 Å². The Hall–Kier alpha value is -2.11. The molecule has 1 aliphatic rings. The molecule has 2 heterocycles. The van der Waals surface area contributed by atoms with Crippen LogP contribution in [0.5, 0.6) is 0 Å². The first kappa shape index (κ1) is 20.6. The summed E-state index contributed by atoms with van der Waals surface area (Å²) >= 11 is 0. The van der Waals surface area contributed by atoms with E-state index in [1.165, 1.54) is 16.2 Å². The van der Waals surface area contributed by atoms with Crippen molar-refractivity contribution < 1.29 is 14.4 Å². The van der Waals surface area contributed by atoms with Crippen LogP contribution in [0.2, 0.25) is 0 Å². The highest BCUT2D eigenvalue weighted by Gasteiger charge is 2.26. The molecular weight excluding hydrogens is 350 g/mol. The zero-order valence-electron chi connectivity index (χ0n) is 17.9. The molecule has 3 rings (SSSR count). The van der Waals surface area contributed by atoms with Gasteiger partial charge in [-0.05, 0) is 45.4 Å². The number of aromatic nitrogens is 1. The van der Waals surface area contributed by atoms with Crippen molar-refractivity contribution in [3.8, 4) is 0 Å². The predicted molar refractivity (Wildman–Crippen MR) is 114 cm³/mol. The van der Waals surface area contributed by atoms with Gasteiger partial charge in [-0.3, -0.25) is 4.79 Å². The topological polar surface area (TPSA) is 38.9 Å². The minimum atomic E-state index is 0.233. The van der Waals surface area contributed by atoms with Crippen LogP contribution in [0.15, 0.2) is 30.3 Å². The van der Waals surface area contributed by atoms with Gasteiger partial charge in [0.2, 0.25) is 5.78 Å². The number of Topliss-reactive ketones (excluding diaryl/α,β-unsaturated/α-hetero) is 1. The van der Waals surface area contributed by atoms with Crippen LogP contribution in [0, 0.1) is 20.8 Å². The van der Waals surface area contributed by atoms with Gasteiger partial charge in [0, 0.05) is 29.7 Å². The Bertz CT molecular complexity index is 819. The highest BCUT2D eigenvalue weighted by molar-refractivity contribution is 5.98. The van der Waals surface area contributed by atoms with E-state index in [9.17, 15) is 4.79 Å². The maximum atomic E-state index is 13.0. The maximum Gasteiger partial charge on any atom is 0.218 e. The summed E-state index contributed by atoms with van der Waals surface area (Å²) in [5, 5.41) is 0. The quantitative estimate of drug-likeness (QED) is 0.744. The van der Waals surface area contributed by atoms with Crippen LogP contribution in [0.1, 0.15) is 40.3 Å². The number of para-hydroxylation sites is 1. The van der Waals surface area contributed by atoms with E-state index in [0.717, 1.165) is 43.1 Å². The lowest BCUT2D eigenvalue weighted by Gasteiger charge is -2.34. The number of quaternary nitrogens is 1. The van der Waals surface area contributed by atoms with Crippen molar-refractivity contribution in [3.63, 3.8) is 0 Å². The van der Waals surface area contributed by atoms with Crippen LogP contribution >= 0.6 is 0 Å². The standard InChI is InChI=1S/C23H33N3O2/c1-17-8-6-7-9-22(17)25-12-10-24(11-13-25)15-23(27)21-14-18(2)26(20(21)4)19(3)16-28-5/h6-9,14,19H,10-13,15-16H2,1-5H3/p+1/t19-/m1/s1. The molecule has 152 valence electrons. The molecule has 1 fully saturated rings. The number of carbonyl (C=O) groups is 1. The Morgan fingerprint density at radius 3 is 2.50 bits per heavy atom. The van der Waals surface area contributed by atoms with Gasteiger partial charge in [0.15, 0.2) is 0 Å². The first-order valence-corrected chi connectivity index (χ1v) is 10.3. The Kier molecular flexibility index (Phi) is 6.57. The summed E-state index contributed by atoms with van der Waals surface area (Å²) in [4.78, 5) is 16.8. The fraction of sp³-hybridized carbons (Fsp3) is 0.522. The molecule has 0 aliphatic carbocycles. The van der Waals surface area contributed by atoms with Crippen molar-refractivity contribution in [2.75, 3.05) is 51.3 Å². The molecule has 28 heavy (non-hydrogen) atoms. The average molecular weight is 385 g/mol. The van der Waals surface area contributed by atoms with Crippen LogP contribution in [0.4, 0.5) is 5.69 Å². The molecular formula is C23H34N3O2+. The van der Waals surface area contributed by atoms with Gasteiger partial charge in [-0.2, -0.15) is 0 Å². The summed E-state index contributed by atoms with van der Waals surface area (Å²) in [6.45, 7) is 13.6. The Morgan fingerprint density at radius 2 is 1.86 bits per heavy atom. The van der Waals surface area contributed by atoms with E-state index in [-0.39, 0.29) is 11.8 Å². The van der Waals surface area contributed by atoms with E-state index >= 15 is 0 Å². The first-order valence-electron chi connectivity index (χ1n) is 10.3. The minimum absolute atomic E-state index is 0.233. The minimum Gasteiger partial charge on any atom is -0.383 e. The highest BCUT2D eigenvalue weighted by Crippen LogP contribution is 2.21. The fourth-order valence-corrected chi connectivity index (χ4v) is 4.53. The van der Waals surface area contributed by atoms with Crippen LogP contribution in [-0.4, -0.2) is 56.8 Å². The molecule has 5 heteroatoms. The SMILES string of the molecule is COC[C@@H](C)n1c(C)cc(C(=O)C[NH+]2CCN(c3ccccc3C)CC2)c1C. The number of piperazine rings is 1. The molecule has 1 aromatic carbocycles. The van der Waals surface area contributed by atoms with E-state index in [0.29, 0.717) is 13.2 Å². The Morgan fingerprint density at radius 1 is 1.18 bits per heavy atom. The van der Waals surface area contributed by atoms with Crippen LogP contribution in [-0.2, 0) is 4.74 Å². The molecule has 0 spiro atoms. The largest absolute Gasteiger partial charge is 0.383 e. The molecule has 1 aromatic heterocycles. The number of benzene rings is 1. The smallest absolute Gasteiger partial charge is 0.218 e. The number of rotatable bonds is 7. The number of nitrogens with zero attached hydrogens (tertiary/aromatic N) is 2. The second-order valence-corrected chi connectivity index (χ2v) is 8.08. The molecule has 1 aliphatic heterocycles. The lowest BCUT2D eigenvalue weighted by atomic mass is 10.1. The molecule has 0 amide bonds. The van der Waals surface area contributed by atoms with Gasteiger partial charge in [-0.15, -0.1) is 0 Å². The number of hydrogen-bond donors (Lipinski definition) is 1. The van der Waals surface area contributed by atoms with Crippen molar-refractivity contribution in [2.24, 2.45) is 0 Å². The molecule has 5 nitrogen and oxygen atoms in total. The molecule has 1 N–H and O–H groups in total. The number of ketones is 1. The lowest BCUT2D eigenvalue weighted by Crippen LogP contribution is -3.15. The van der Waals surface area contributed by atoms with Crippen LogP contribution < -0.4 is 9.80 Å². The molecule has 0 unspecified atom stereocenters. The first-order chi connectivity index (χ1) is 13.4. The third-order valence-corrected chi connectivity index (χ3v) is 5.97. The summed E-state index contributed by atoms with van der Waals surface area (Å²) in [6, 6.07) is 10.8. The normalized spacial score (nSPS) is 16.4. The molecule has 1 saturated heterocycles. The van der Waals surface area contributed by atoms with Crippen molar-refractivity contribution in [3.05, 3.63) is 52.8 Å². The van der Waals surface area contributed by atoms with Crippen LogP contribution in [0.25, 0.3) is 0 Å². The fourth-order valence-electron chi connectivity index (χ4n) is 4.53. The van der Waals surface area contributed by atoms with Crippen molar-refractivity contribution in [1.82, 2.24) is 4.57 Å². The zero-order chi connectivity index (χ0) is 20.3. The molecule has 0 radical (unpaired) electrons. The predicted octanol–water partition coefficient (Wildman–Crippen LogP) is 2.21. The summed E-state index contributed by atoms with van der Waals surface area (Å²) in [5.41, 5.74) is 5.70. The van der Waals surface area contributed by atoms with Gasteiger partial charge in [-0.25, -0.2) is 0 Å². The number of methoxy groups -OCH3 is 1. The van der Waals surface area contributed by atoms with Crippen molar-refractivity contribution in [1.29, 1.82) is 0 Å². The van der Waals surface area contributed by atoms with Gasteiger partial charge < -0.3 is 19.1 Å². The van der Waals surface area contributed by atoms with Gasteiger partial charge in [0.1, 0.15) is 6.54 Å². The number of ether oxygens (including phenoxy) is 1. The van der Waals surface area contributed by atoms with Crippen molar-refractivity contribution >= 4 is 11.5 Å². The molecule has 0 bridgehead atoms. The third-order valence-electron chi connectivity index (χ3n) is 5.97. The number of carbonyl (C=O) groups excluding carboxylic acids is 1. The monoisotopic (exact) mass is 384 g/mol. The summed E-state index contributed by atoms with van der Waals surface area (Å²) in [7, 11) is 1.72. The summed E-state index contributed by atoms with van der Waals surface area (Å²) < 4.78 is 7.52. The lowest BCUT2D eigenvalue weighted by molar-refractivity contribution is -0.892. The molecule has 2 aromatic rings. The van der Waals surface area contributed by atoms with Crippen molar-refractivity contribution in [2.45, 2.75) is 33.7 Å². The number of aryl methyl sites for hydroxylation is 2. The second kappa shape index (κ2) is 8.93. The van der Waals surface area contributed by atoms with Crippen LogP contribution in [0.3, 0.4) is 0 Å². The van der Waals surface area contributed by atoms with E-state index in [2.05, 4.69) is 61.4 Å². The molecule has 1 atom stereocenters. The van der Waals surface area contributed by atoms with E-state index in [4.69, 9.17) is 4.74 Å². The second-order valence-electron chi connectivity index (χ2n) is 8.08. The molecule has 0 saturated carbocycles. The van der Waals surface area contributed by atoms with Gasteiger partial charge in [-0.1, -0.05) is 18.2 Å². The summed E-state index contributed by atoms with van der Waals surface area (Å²) in [5.74, 6) is 0.253. The highest BCUT2D eigenvalue weighted by atomic mass is 16.5. The third kappa shape index (κ3) is 4.31. The Labute approximate surface area is 168 Å². The maximum absolute atomic E-state index is 13.0.